The van der Waals surface area contributed by atoms with Gasteiger partial charge in [0, 0.05) is 43.9 Å². The van der Waals surface area contributed by atoms with Gasteiger partial charge in [-0.15, -0.1) is 15.3 Å². The van der Waals surface area contributed by atoms with Crippen molar-refractivity contribution in [2.75, 3.05) is 36.0 Å². The Morgan fingerprint density at radius 1 is 0.933 bits per heavy atom. The Kier molecular flexibility index (Phi) is 4.48. The summed E-state index contributed by atoms with van der Waals surface area (Å²) in [7, 11) is 0. The van der Waals surface area contributed by atoms with Crippen molar-refractivity contribution in [3.05, 3.63) is 35.5 Å². The molecule has 2 fully saturated rings. The van der Waals surface area contributed by atoms with E-state index in [0.29, 0.717) is 37.9 Å². The van der Waals surface area contributed by atoms with E-state index in [9.17, 15) is 13.2 Å². The standard InChI is InChI=1S/C19H21F3N8/c1-12-23-14(13-3-2-4-13)11-17(24-12)29-9-7-28(8-10-29)16-6-5-15-25-26-18(19(20,21)22)30(15)27-16/h5-6,11,13H,2-4,7-10H2,1H3. The van der Waals surface area contributed by atoms with E-state index in [4.69, 9.17) is 0 Å². The monoisotopic (exact) mass is 418 g/mol. The van der Waals surface area contributed by atoms with Gasteiger partial charge in [-0.05, 0) is 31.9 Å². The van der Waals surface area contributed by atoms with Gasteiger partial charge in [0.05, 0.1) is 0 Å². The zero-order valence-electron chi connectivity index (χ0n) is 16.5. The Balaban J connectivity index is 1.33. The van der Waals surface area contributed by atoms with Gasteiger partial charge < -0.3 is 9.80 Å². The smallest absolute Gasteiger partial charge is 0.353 e. The van der Waals surface area contributed by atoms with Crippen LogP contribution in [0.3, 0.4) is 0 Å². The first-order valence-corrected chi connectivity index (χ1v) is 10.0. The maximum absolute atomic E-state index is 13.1. The van der Waals surface area contributed by atoms with Crippen LogP contribution in [0.4, 0.5) is 24.8 Å². The molecule has 0 spiro atoms. The fraction of sp³-hybridized carbons (Fsp3) is 0.526. The van der Waals surface area contributed by atoms with E-state index in [2.05, 4.69) is 36.2 Å². The number of alkyl halides is 3. The van der Waals surface area contributed by atoms with Crippen LogP contribution in [0.15, 0.2) is 18.2 Å². The lowest BCUT2D eigenvalue weighted by Crippen LogP contribution is -2.47. The molecule has 3 aromatic heterocycles. The molecule has 158 valence electrons. The number of aryl methyl sites for hydroxylation is 1. The molecule has 1 aliphatic heterocycles. The number of hydrogen-bond acceptors (Lipinski definition) is 7. The van der Waals surface area contributed by atoms with Gasteiger partial charge in [0.1, 0.15) is 17.5 Å². The van der Waals surface area contributed by atoms with Crippen LogP contribution in [-0.2, 0) is 6.18 Å². The number of hydrogen-bond donors (Lipinski definition) is 0. The van der Waals surface area contributed by atoms with Crippen LogP contribution in [-0.4, -0.2) is 56.0 Å². The van der Waals surface area contributed by atoms with Crippen molar-refractivity contribution < 1.29 is 13.2 Å². The largest absolute Gasteiger partial charge is 0.453 e. The summed E-state index contributed by atoms with van der Waals surface area (Å²) in [6, 6.07) is 5.28. The fourth-order valence-electron chi connectivity index (χ4n) is 3.94. The number of piperazine rings is 1. The number of halogens is 3. The molecule has 3 aromatic rings. The average Bonchev–Trinajstić information content (AvgIpc) is 3.10. The minimum Gasteiger partial charge on any atom is -0.353 e. The molecule has 0 bridgehead atoms. The van der Waals surface area contributed by atoms with Crippen molar-refractivity contribution in [1.82, 2.24) is 29.8 Å². The maximum Gasteiger partial charge on any atom is 0.453 e. The Labute approximate surface area is 170 Å². The SMILES string of the molecule is Cc1nc(C2CCC2)cc(N2CCN(c3ccc4nnc(C(F)(F)F)n4n3)CC2)n1. The van der Waals surface area contributed by atoms with Crippen molar-refractivity contribution in [1.29, 1.82) is 0 Å². The summed E-state index contributed by atoms with van der Waals surface area (Å²) in [6.45, 7) is 4.58. The van der Waals surface area contributed by atoms with Crippen LogP contribution in [0.1, 0.15) is 42.5 Å². The van der Waals surface area contributed by atoms with Crippen molar-refractivity contribution in [3.63, 3.8) is 0 Å². The van der Waals surface area contributed by atoms with Crippen molar-refractivity contribution in [2.24, 2.45) is 0 Å². The molecule has 0 aromatic carbocycles. The van der Waals surface area contributed by atoms with Crippen LogP contribution in [0.2, 0.25) is 0 Å². The first-order valence-electron chi connectivity index (χ1n) is 10.0. The van der Waals surface area contributed by atoms with Crippen LogP contribution in [0.25, 0.3) is 5.65 Å². The van der Waals surface area contributed by atoms with Crippen molar-refractivity contribution in [3.8, 4) is 0 Å². The molecule has 0 radical (unpaired) electrons. The lowest BCUT2D eigenvalue weighted by Gasteiger charge is -2.36. The quantitative estimate of drug-likeness (QED) is 0.647. The lowest BCUT2D eigenvalue weighted by atomic mass is 9.83. The molecule has 0 amide bonds. The zero-order chi connectivity index (χ0) is 20.9. The predicted molar refractivity (Wildman–Crippen MR) is 104 cm³/mol. The summed E-state index contributed by atoms with van der Waals surface area (Å²) in [5.74, 6) is 1.59. The average molecular weight is 418 g/mol. The van der Waals surface area contributed by atoms with Gasteiger partial charge >= 0.3 is 6.18 Å². The normalized spacial score (nSPS) is 18.1. The Morgan fingerprint density at radius 2 is 1.63 bits per heavy atom. The molecule has 5 rings (SSSR count). The molecule has 0 N–H and O–H groups in total. The molecule has 30 heavy (non-hydrogen) atoms. The number of nitrogens with zero attached hydrogens (tertiary/aromatic N) is 8. The lowest BCUT2D eigenvalue weighted by molar-refractivity contribution is -0.146. The molecule has 0 atom stereocenters. The predicted octanol–water partition coefficient (Wildman–Crippen LogP) is 2.84. The Morgan fingerprint density at radius 3 is 2.27 bits per heavy atom. The molecule has 1 saturated carbocycles. The minimum atomic E-state index is -4.60. The highest BCUT2D eigenvalue weighted by atomic mass is 19.4. The Bertz CT molecular complexity index is 1070. The van der Waals surface area contributed by atoms with Gasteiger partial charge in [0.25, 0.3) is 5.82 Å². The first-order chi connectivity index (χ1) is 14.4. The second-order valence-electron chi connectivity index (χ2n) is 7.78. The second-order valence-corrected chi connectivity index (χ2v) is 7.78. The third kappa shape index (κ3) is 3.41. The summed E-state index contributed by atoms with van der Waals surface area (Å²) < 4.78 is 40.1. The summed E-state index contributed by atoms with van der Waals surface area (Å²) >= 11 is 0. The fourth-order valence-corrected chi connectivity index (χ4v) is 3.94. The summed E-state index contributed by atoms with van der Waals surface area (Å²) in [4.78, 5) is 13.4. The molecule has 1 aliphatic carbocycles. The van der Waals surface area contributed by atoms with E-state index < -0.39 is 12.0 Å². The van der Waals surface area contributed by atoms with Gasteiger partial charge in [-0.25, -0.2) is 9.97 Å². The first kappa shape index (κ1) is 19.0. The third-order valence-electron chi connectivity index (χ3n) is 5.80. The molecular formula is C19H21F3N8. The van der Waals surface area contributed by atoms with Gasteiger partial charge in [-0.3, -0.25) is 0 Å². The molecule has 11 heteroatoms. The van der Waals surface area contributed by atoms with Gasteiger partial charge in [-0.1, -0.05) is 6.42 Å². The molecule has 8 nitrogen and oxygen atoms in total. The van der Waals surface area contributed by atoms with Crippen LogP contribution in [0.5, 0.6) is 0 Å². The van der Waals surface area contributed by atoms with Crippen molar-refractivity contribution in [2.45, 2.75) is 38.3 Å². The molecule has 4 heterocycles. The van der Waals surface area contributed by atoms with Gasteiger partial charge in [0.15, 0.2) is 5.65 Å². The van der Waals surface area contributed by atoms with E-state index in [0.717, 1.165) is 21.9 Å². The van der Waals surface area contributed by atoms with Gasteiger partial charge in [-0.2, -0.15) is 17.7 Å². The molecular weight excluding hydrogens is 397 g/mol. The topological polar surface area (TPSA) is 75.3 Å². The van der Waals surface area contributed by atoms with Crippen LogP contribution >= 0.6 is 0 Å². The summed E-state index contributed by atoms with van der Waals surface area (Å²) in [5, 5.41) is 10.9. The minimum absolute atomic E-state index is 0.0738. The molecule has 2 aliphatic rings. The van der Waals surface area contributed by atoms with E-state index in [-0.39, 0.29) is 5.65 Å². The number of anilines is 2. The van der Waals surface area contributed by atoms with Crippen molar-refractivity contribution >= 4 is 17.3 Å². The van der Waals surface area contributed by atoms with Gasteiger partial charge in [0.2, 0.25) is 0 Å². The molecule has 0 unspecified atom stereocenters. The maximum atomic E-state index is 13.1. The van der Waals surface area contributed by atoms with E-state index in [1.807, 2.05) is 11.8 Å². The second kappa shape index (κ2) is 7.06. The number of rotatable bonds is 3. The molecule has 1 saturated heterocycles. The third-order valence-corrected chi connectivity index (χ3v) is 5.80. The zero-order valence-corrected chi connectivity index (χ0v) is 16.5. The number of aromatic nitrogens is 6. The summed E-state index contributed by atoms with van der Waals surface area (Å²) in [5.41, 5.74) is 1.19. The highest BCUT2D eigenvalue weighted by molar-refractivity contribution is 5.49. The van der Waals surface area contributed by atoms with E-state index in [1.165, 1.54) is 25.3 Å². The highest BCUT2D eigenvalue weighted by Gasteiger charge is 2.38. The van der Waals surface area contributed by atoms with Crippen LogP contribution < -0.4 is 9.80 Å². The summed E-state index contributed by atoms with van der Waals surface area (Å²) in [6.07, 6.45) is -0.990. The Hall–Kier alpha value is -2.98. The number of fused-ring (bicyclic) bond motifs is 1. The highest BCUT2D eigenvalue weighted by Crippen LogP contribution is 2.36. The van der Waals surface area contributed by atoms with E-state index in [1.54, 1.807) is 6.07 Å². The van der Waals surface area contributed by atoms with Crippen LogP contribution in [0, 0.1) is 6.92 Å². The van der Waals surface area contributed by atoms with E-state index >= 15 is 0 Å².